The summed E-state index contributed by atoms with van der Waals surface area (Å²) in [5, 5.41) is 0. The fourth-order valence-corrected chi connectivity index (χ4v) is 3.84. The first-order valence-electron chi connectivity index (χ1n) is 8.64. The number of carbonyl (C=O) groups excluding carboxylic acids is 3. The van der Waals surface area contributed by atoms with E-state index in [0.717, 1.165) is 37.7 Å². The van der Waals surface area contributed by atoms with Gasteiger partial charge in [-0.1, -0.05) is 49.6 Å². The summed E-state index contributed by atoms with van der Waals surface area (Å²) in [5.41, 5.74) is 0.504. The van der Waals surface area contributed by atoms with Crippen LogP contribution in [0.1, 0.15) is 44.1 Å². The van der Waals surface area contributed by atoms with E-state index in [9.17, 15) is 14.4 Å². The van der Waals surface area contributed by atoms with Gasteiger partial charge in [0, 0.05) is 20.0 Å². The standard InChI is InChI=1S/C19H24N2O3/c1-20(13-15-8-4-2-5-9-15)17(23)14-21-16(22)12-19(18(21)24)10-6-3-7-11-19/h2,4-5,8-9H,3,6-7,10-14H2,1H3. The van der Waals surface area contributed by atoms with Gasteiger partial charge in [-0.3, -0.25) is 19.3 Å². The van der Waals surface area contributed by atoms with E-state index < -0.39 is 5.41 Å². The largest absolute Gasteiger partial charge is 0.340 e. The first-order chi connectivity index (χ1) is 11.5. The van der Waals surface area contributed by atoms with Gasteiger partial charge in [0.15, 0.2) is 0 Å². The number of nitrogens with zero attached hydrogens (tertiary/aromatic N) is 2. The Bertz CT molecular complexity index is 635. The summed E-state index contributed by atoms with van der Waals surface area (Å²) < 4.78 is 0. The van der Waals surface area contributed by atoms with Crippen molar-refractivity contribution < 1.29 is 14.4 Å². The predicted molar refractivity (Wildman–Crippen MR) is 89.8 cm³/mol. The maximum absolute atomic E-state index is 12.7. The molecule has 1 spiro atoms. The highest BCUT2D eigenvalue weighted by Gasteiger charge is 2.51. The normalized spacial score (nSPS) is 19.8. The predicted octanol–water partition coefficient (Wildman–Crippen LogP) is 2.35. The van der Waals surface area contributed by atoms with Crippen molar-refractivity contribution in [2.24, 2.45) is 5.41 Å². The fourth-order valence-electron chi connectivity index (χ4n) is 3.84. The molecule has 5 nitrogen and oxygen atoms in total. The Hall–Kier alpha value is -2.17. The average Bonchev–Trinajstić information content (AvgIpc) is 2.80. The molecule has 5 heteroatoms. The first-order valence-corrected chi connectivity index (χ1v) is 8.64. The van der Waals surface area contributed by atoms with Gasteiger partial charge in [0.2, 0.25) is 17.7 Å². The van der Waals surface area contributed by atoms with Gasteiger partial charge in [-0.2, -0.15) is 0 Å². The van der Waals surface area contributed by atoms with Gasteiger partial charge in [0.1, 0.15) is 6.54 Å². The molecule has 3 amide bonds. The molecule has 0 unspecified atom stereocenters. The molecule has 1 aromatic rings. The molecule has 3 rings (SSSR count). The molecule has 1 saturated heterocycles. The molecule has 128 valence electrons. The Balaban J connectivity index is 1.63. The second-order valence-electron chi connectivity index (χ2n) is 7.04. The van der Waals surface area contributed by atoms with Crippen LogP contribution in [0.3, 0.4) is 0 Å². The number of likely N-dealkylation sites (N-methyl/N-ethyl adjacent to an activating group) is 1. The van der Waals surface area contributed by atoms with Gasteiger partial charge in [0.05, 0.1) is 5.41 Å². The number of hydrogen-bond acceptors (Lipinski definition) is 3. The van der Waals surface area contributed by atoms with Crippen molar-refractivity contribution in [2.45, 2.75) is 45.1 Å². The van der Waals surface area contributed by atoms with Crippen molar-refractivity contribution in [3.8, 4) is 0 Å². The summed E-state index contributed by atoms with van der Waals surface area (Å²) in [6, 6.07) is 9.68. The van der Waals surface area contributed by atoms with Crippen LogP contribution in [-0.4, -0.2) is 41.1 Å². The third kappa shape index (κ3) is 3.21. The zero-order chi connectivity index (χ0) is 17.2. The molecule has 1 heterocycles. The maximum Gasteiger partial charge on any atom is 0.242 e. The minimum atomic E-state index is -0.520. The topological polar surface area (TPSA) is 57.7 Å². The minimum Gasteiger partial charge on any atom is -0.340 e. The summed E-state index contributed by atoms with van der Waals surface area (Å²) in [4.78, 5) is 40.3. The van der Waals surface area contributed by atoms with E-state index in [1.54, 1.807) is 11.9 Å². The van der Waals surface area contributed by atoms with Gasteiger partial charge in [0.25, 0.3) is 0 Å². The summed E-state index contributed by atoms with van der Waals surface area (Å²) in [6.07, 6.45) is 4.96. The van der Waals surface area contributed by atoms with Crippen LogP contribution in [0.4, 0.5) is 0 Å². The lowest BCUT2D eigenvalue weighted by Gasteiger charge is -2.30. The average molecular weight is 328 g/mol. The lowest BCUT2D eigenvalue weighted by Crippen LogP contribution is -2.43. The van der Waals surface area contributed by atoms with Crippen molar-refractivity contribution in [2.75, 3.05) is 13.6 Å². The van der Waals surface area contributed by atoms with Crippen molar-refractivity contribution in [3.05, 3.63) is 35.9 Å². The Kier molecular flexibility index (Phi) is 4.69. The lowest BCUT2D eigenvalue weighted by molar-refractivity contribution is -0.147. The molecule has 0 N–H and O–H groups in total. The third-order valence-corrected chi connectivity index (χ3v) is 5.28. The van der Waals surface area contributed by atoms with E-state index in [2.05, 4.69) is 0 Å². The quantitative estimate of drug-likeness (QED) is 0.797. The third-order valence-electron chi connectivity index (χ3n) is 5.28. The van der Waals surface area contributed by atoms with Gasteiger partial charge < -0.3 is 4.90 Å². The van der Waals surface area contributed by atoms with E-state index in [1.165, 1.54) is 4.90 Å². The summed E-state index contributed by atoms with van der Waals surface area (Å²) in [7, 11) is 1.71. The molecule has 0 atom stereocenters. The second kappa shape index (κ2) is 6.75. The molecule has 0 bridgehead atoms. The highest BCUT2D eigenvalue weighted by Crippen LogP contribution is 2.45. The second-order valence-corrected chi connectivity index (χ2v) is 7.04. The van der Waals surface area contributed by atoms with Crippen molar-refractivity contribution in [3.63, 3.8) is 0 Å². The van der Waals surface area contributed by atoms with Crippen LogP contribution in [0.25, 0.3) is 0 Å². The Morgan fingerprint density at radius 3 is 2.46 bits per heavy atom. The van der Waals surface area contributed by atoms with Crippen LogP contribution >= 0.6 is 0 Å². The minimum absolute atomic E-state index is 0.131. The lowest BCUT2D eigenvalue weighted by atomic mass is 9.73. The zero-order valence-corrected chi connectivity index (χ0v) is 14.2. The van der Waals surface area contributed by atoms with Crippen LogP contribution in [0, 0.1) is 5.41 Å². The van der Waals surface area contributed by atoms with Gasteiger partial charge >= 0.3 is 0 Å². The molecule has 0 aromatic heterocycles. The SMILES string of the molecule is CN(Cc1ccccc1)C(=O)CN1C(=O)CC2(CCCCC2)C1=O. The van der Waals surface area contributed by atoms with Gasteiger partial charge in [-0.15, -0.1) is 0 Å². The Morgan fingerprint density at radius 2 is 1.79 bits per heavy atom. The highest BCUT2D eigenvalue weighted by molar-refractivity contribution is 6.08. The first kappa shape index (κ1) is 16.7. The number of amides is 3. The van der Waals surface area contributed by atoms with E-state index in [0.29, 0.717) is 6.54 Å². The van der Waals surface area contributed by atoms with Crippen LogP contribution in [0.2, 0.25) is 0 Å². The fraction of sp³-hybridized carbons (Fsp3) is 0.526. The molecule has 2 fully saturated rings. The van der Waals surface area contributed by atoms with Crippen LogP contribution in [-0.2, 0) is 20.9 Å². The highest BCUT2D eigenvalue weighted by atomic mass is 16.2. The molecule has 24 heavy (non-hydrogen) atoms. The summed E-state index contributed by atoms with van der Waals surface area (Å²) >= 11 is 0. The van der Waals surface area contributed by atoms with Crippen molar-refractivity contribution in [1.82, 2.24) is 9.80 Å². The summed E-state index contributed by atoms with van der Waals surface area (Å²) in [6.45, 7) is 0.337. The Labute approximate surface area is 142 Å². The number of likely N-dealkylation sites (tertiary alicyclic amines) is 1. The molecule has 0 radical (unpaired) electrons. The number of benzene rings is 1. The molecule has 1 aromatic carbocycles. The molecule has 2 aliphatic rings. The van der Waals surface area contributed by atoms with Gasteiger partial charge in [-0.25, -0.2) is 0 Å². The molecule has 1 aliphatic heterocycles. The zero-order valence-electron chi connectivity index (χ0n) is 14.2. The molecule has 1 saturated carbocycles. The molecule has 1 aliphatic carbocycles. The van der Waals surface area contributed by atoms with E-state index in [4.69, 9.17) is 0 Å². The van der Waals surface area contributed by atoms with Crippen molar-refractivity contribution >= 4 is 17.7 Å². The van der Waals surface area contributed by atoms with Gasteiger partial charge in [-0.05, 0) is 18.4 Å². The monoisotopic (exact) mass is 328 g/mol. The number of hydrogen-bond donors (Lipinski definition) is 0. The van der Waals surface area contributed by atoms with Crippen LogP contribution in [0.15, 0.2) is 30.3 Å². The van der Waals surface area contributed by atoms with E-state index >= 15 is 0 Å². The Morgan fingerprint density at radius 1 is 1.12 bits per heavy atom. The number of carbonyl (C=O) groups is 3. The van der Waals surface area contributed by atoms with Crippen LogP contribution < -0.4 is 0 Å². The molecular weight excluding hydrogens is 304 g/mol. The van der Waals surface area contributed by atoms with Crippen LogP contribution in [0.5, 0.6) is 0 Å². The molecular formula is C19H24N2O3. The maximum atomic E-state index is 12.7. The number of imide groups is 1. The number of rotatable bonds is 4. The summed E-state index contributed by atoms with van der Waals surface area (Å²) in [5.74, 6) is -0.523. The van der Waals surface area contributed by atoms with E-state index in [-0.39, 0.29) is 30.7 Å². The smallest absolute Gasteiger partial charge is 0.242 e. The van der Waals surface area contributed by atoms with E-state index in [1.807, 2.05) is 30.3 Å². The van der Waals surface area contributed by atoms with Crippen molar-refractivity contribution in [1.29, 1.82) is 0 Å².